The predicted molar refractivity (Wildman–Crippen MR) is 151 cm³/mol. The molecule has 0 aromatic heterocycles. The van der Waals surface area contributed by atoms with Crippen molar-refractivity contribution in [3.63, 3.8) is 0 Å². The molecule has 2 fully saturated rings. The standard InChI is InChI=1S/C32H43FN2O4/c1-29(2)16-15-23(18-30(3,4)34-29)38-28(37)24-14-13-22(17-25(24)33)20-9-11-21(12-10-20)27(36)39-26-19-31(5,6)35-32(26,7)8/h9-14,17,23,26,34-35H,15-16,18-19H2,1-8H3. The van der Waals surface area contributed by atoms with Crippen LogP contribution in [0.3, 0.4) is 0 Å². The van der Waals surface area contributed by atoms with Gasteiger partial charge in [-0.2, -0.15) is 0 Å². The monoisotopic (exact) mass is 538 g/mol. The van der Waals surface area contributed by atoms with E-state index in [4.69, 9.17) is 9.47 Å². The number of halogens is 1. The van der Waals surface area contributed by atoms with Crippen molar-refractivity contribution < 1.29 is 23.5 Å². The van der Waals surface area contributed by atoms with Crippen LogP contribution >= 0.6 is 0 Å². The van der Waals surface area contributed by atoms with Gasteiger partial charge in [-0.3, -0.25) is 0 Å². The lowest BCUT2D eigenvalue weighted by Crippen LogP contribution is -2.50. The summed E-state index contributed by atoms with van der Waals surface area (Å²) in [5, 5.41) is 7.12. The van der Waals surface area contributed by atoms with Crippen LogP contribution in [0.2, 0.25) is 0 Å². The Hall–Kier alpha value is -2.77. The molecule has 2 N–H and O–H groups in total. The van der Waals surface area contributed by atoms with Gasteiger partial charge in [-0.15, -0.1) is 0 Å². The summed E-state index contributed by atoms with van der Waals surface area (Å²) in [6, 6.07) is 11.4. The molecule has 2 aromatic carbocycles. The number of benzene rings is 2. The molecule has 0 aliphatic carbocycles. The van der Waals surface area contributed by atoms with Gasteiger partial charge in [0.05, 0.1) is 16.7 Å². The van der Waals surface area contributed by atoms with Crippen LogP contribution in [0.4, 0.5) is 4.39 Å². The quantitative estimate of drug-likeness (QED) is 0.428. The van der Waals surface area contributed by atoms with Gasteiger partial charge >= 0.3 is 11.9 Å². The minimum atomic E-state index is -0.648. The van der Waals surface area contributed by atoms with Crippen molar-refractivity contribution >= 4 is 11.9 Å². The van der Waals surface area contributed by atoms with Crippen molar-refractivity contribution in [3.05, 3.63) is 59.4 Å². The molecule has 7 heteroatoms. The fraction of sp³-hybridized carbons (Fsp3) is 0.562. The molecular formula is C32H43FN2O4. The zero-order valence-electron chi connectivity index (χ0n) is 24.5. The maximum absolute atomic E-state index is 15.1. The van der Waals surface area contributed by atoms with Crippen LogP contribution < -0.4 is 10.6 Å². The van der Waals surface area contributed by atoms with Gasteiger partial charge in [0.15, 0.2) is 0 Å². The number of ether oxygens (including phenoxy) is 2. The van der Waals surface area contributed by atoms with Crippen LogP contribution in [0, 0.1) is 5.82 Å². The molecule has 2 aromatic rings. The Morgan fingerprint density at radius 2 is 1.38 bits per heavy atom. The molecule has 212 valence electrons. The third-order valence-electron chi connectivity index (χ3n) is 7.83. The first-order valence-corrected chi connectivity index (χ1v) is 13.9. The molecular weight excluding hydrogens is 495 g/mol. The summed E-state index contributed by atoms with van der Waals surface area (Å²) in [4.78, 5) is 25.7. The number of esters is 2. The van der Waals surface area contributed by atoms with Crippen molar-refractivity contribution in [2.45, 2.75) is 115 Å². The lowest BCUT2D eigenvalue weighted by Gasteiger charge is -2.34. The van der Waals surface area contributed by atoms with Crippen LogP contribution in [-0.4, -0.2) is 46.3 Å². The SMILES string of the molecule is CC1(C)CCC(OC(=O)c2ccc(-c3ccc(C(=O)OC4CC(C)(C)NC4(C)C)cc3)cc2F)CC(C)(C)N1. The summed E-state index contributed by atoms with van der Waals surface area (Å²) >= 11 is 0. The topological polar surface area (TPSA) is 76.7 Å². The average Bonchev–Trinajstić information content (AvgIpc) is 2.94. The molecule has 2 atom stereocenters. The van der Waals surface area contributed by atoms with Crippen molar-refractivity contribution in [1.29, 1.82) is 0 Å². The third-order valence-corrected chi connectivity index (χ3v) is 7.83. The van der Waals surface area contributed by atoms with Crippen molar-refractivity contribution in [2.24, 2.45) is 0 Å². The van der Waals surface area contributed by atoms with Crippen LogP contribution in [0.15, 0.2) is 42.5 Å². The Bertz CT molecular complexity index is 1230. The highest BCUT2D eigenvalue weighted by atomic mass is 19.1. The highest BCUT2D eigenvalue weighted by molar-refractivity contribution is 5.91. The predicted octanol–water partition coefficient (Wildman–Crippen LogP) is 6.42. The van der Waals surface area contributed by atoms with E-state index < -0.39 is 11.8 Å². The summed E-state index contributed by atoms with van der Waals surface area (Å²) < 4.78 is 26.7. The zero-order chi connectivity index (χ0) is 28.8. The summed E-state index contributed by atoms with van der Waals surface area (Å²) in [6.07, 6.45) is 2.43. The number of rotatable bonds is 5. The second-order valence-corrected chi connectivity index (χ2v) is 13.8. The van der Waals surface area contributed by atoms with E-state index in [9.17, 15) is 9.59 Å². The largest absolute Gasteiger partial charge is 0.459 e. The Morgan fingerprint density at radius 1 is 0.769 bits per heavy atom. The van der Waals surface area contributed by atoms with Gasteiger partial charge in [0.2, 0.25) is 0 Å². The van der Waals surface area contributed by atoms with E-state index in [0.29, 0.717) is 17.5 Å². The Labute approximate surface area is 232 Å². The maximum Gasteiger partial charge on any atom is 0.341 e. The molecule has 2 aliphatic heterocycles. The Balaban J connectivity index is 1.41. The second kappa shape index (κ2) is 10.3. The average molecular weight is 539 g/mol. The van der Waals surface area contributed by atoms with E-state index in [2.05, 4.69) is 52.2 Å². The van der Waals surface area contributed by atoms with E-state index in [0.717, 1.165) is 24.8 Å². The molecule has 2 heterocycles. The van der Waals surface area contributed by atoms with E-state index in [1.54, 1.807) is 30.3 Å². The third kappa shape index (κ3) is 7.06. The Kier molecular flexibility index (Phi) is 7.74. The van der Waals surface area contributed by atoms with Gasteiger partial charge in [-0.1, -0.05) is 18.2 Å². The van der Waals surface area contributed by atoms with Gasteiger partial charge in [-0.05, 0) is 104 Å². The minimum absolute atomic E-state index is 0.0644. The first-order chi connectivity index (χ1) is 18.0. The molecule has 2 unspecified atom stereocenters. The highest BCUT2D eigenvalue weighted by Crippen LogP contribution is 2.34. The van der Waals surface area contributed by atoms with Crippen molar-refractivity contribution in [3.8, 4) is 11.1 Å². The molecule has 0 saturated carbocycles. The van der Waals surface area contributed by atoms with Crippen molar-refractivity contribution in [2.75, 3.05) is 0 Å². The first-order valence-electron chi connectivity index (χ1n) is 13.9. The van der Waals surface area contributed by atoms with Crippen LogP contribution in [0.5, 0.6) is 0 Å². The fourth-order valence-electron chi connectivity index (χ4n) is 6.31. The molecule has 4 rings (SSSR count). The zero-order valence-corrected chi connectivity index (χ0v) is 24.5. The summed E-state index contributed by atoms with van der Waals surface area (Å²) in [5.41, 5.74) is 0.993. The van der Waals surface area contributed by atoms with Gasteiger partial charge in [0.1, 0.15) is 18.0 Å². The number of hydrogen-bond acceptors (Lipinski definition) is 6. The number of carbonyl (C=O) groups is 2. The van der Waals surface area contributed by atoms with Gasteiger partial charge in [0, 0.05) is 29.5 Å². The molecule has 2 saturated heterocycles. The van der Waals surface area contributed by atoms with E-state index in [1.165, 1.54) is 12.1 Å². The Morgan fingerprint density at radius 3 is 1.97 bits per heavy atom. The summed E-state index contributed by atoms with van der Waals surface area (Å²) in [7, 11) is 0. The first kappa shape index (κ1) is 29.2. The van der Waals surface area contributed by atoms with E-state index >= 15 is 4.39 Å². The molecule has 0 radical (unpaired) electrons. The fourth-order valence-corrected chi connectivity index (χ4v) is 6.31. The summed E-state index contributed by atoms with van der Waals surface area (Å²) in [5.74, 6) is -1.67. The lowest BCUT2D eigenvalue weighted by atomic mass is 9.96. The molecule has 0 spiro atoms. The van der Waals surface area contributed by atoms with Gasteiger partial charge < -0.3 is 20.1 Å². The molecule has 39 heavy (non-hydrogen) atoms. The minimum Gasteiger partial charge on any atom is -0.459 e. The second-order valence-electron chi connectivity index (χ2n) is 13.8. The van der Waals surface area contributed by atoms with Crippen LogP contribution in [0.25, 0.3) is 11.1 Å². The van der Waals surface area contributed by atoms with Crippen LogP contribution in [0.1, 0.15) is 102 Å². The van der Waals surface area contributed by atoms with E-state index in [1.807, 2.05) is 13.8 Å². The molecule has 2 aliphatic rings. The summed E-state index contributed by atoms with van der Waals surface area (Å²) in [6.45, 7) is 16.7. The lowest BCUT2D eigenvalue weighted by molar-refractivity contribution is 0.0170. The van der Waals surface area contributed by atoms with Crippen molar-refractivity contribution in [1.82, 2.24) is 10.6 Å². The highest BCUT2D eigenvalue weighted by Gasteiger charge is 2.46. The number of hydrogen-bond donors (Lipinski definition) is 2. The number of nitrogens with one attached hydrogen (secondary N) is 2. The smallest absolute Gasteiger partial charge is 0.341 e. The van der Waals surface area contributed by atoms with Crippen LogP contribution in [-0.2, 0) is 9.47 Å². The van der Waals surface area contributed by atoms with E-state index in [-0.39, 0.29) is 45.9 Å². The molecule has 6 nitrogen and oxygen atoms in total. The van der Waals surface area contributed by atoms with Gasteiger partial charge in [0.25, 0.3) is 0 Å². The normalized spacial score (nSPS) is 24.9. The molecule has 0 bridgehead atoms. The number of carbonyl (C=O) groups excluding carboxylic acids is 2. The van der Waals surface area contributed by atoms with Gasteiger partial charge in [-0.25, -0.2) is 14.0 Å². The maximum atomic E-state index is 15.1. The molecule has 0 amide bonds.